The Morgan fingerprint density at radius 1 is 0.530 bits per heavy atom. The topological polar surface area (TPSA) is 302 Å². The third-order valence-electron chi connectivity index (χ3n) is 7.88. The maximum absolute atomic E-state index is 13.1. The van der Waals surface area contributed by atoms with Gasteiger partial charge >= 0.3 is 12.4 Å². The predicted molar refractivity (Wildman–Crippen MR) is 223 cm³/mol. The van der Waals surface area contributed by atoms with Crippen molar-refractivity contribution in [1.29, 1.82) is 0 Å². The molecule has 26 heteroatoms. The highest BCUT2D eigenvalue weighted by Crippen LogP contribution is 2.39. The van der Waals surface area contributed by atoms with E-state index in [2.05, 4.69) is 21.3 Å². The van der Waals surface area contributed by atoms with Gasteiger partial charge in [0, 0.05) is 62.9 Å². The Morgan fingerprint density at radius 2 is 0.803 bits per heavy atom. The molecule has 4 amide bonds. The Labute approximate surface area is 370 Å². The Kier molecular flexibility index (Phi) is 21.1. The molecule has 0 aromatic heterocycles. The fourth-order valence-electron chi connectivity index (χ4n) is 4.79. The second-order valence-electron chi connectivity index (χ2n) is 13.4. The van der Waals surface area contributed by atoms with Crippen LogP contribution in [0.2, 0.25) is 0 Å². The van der Waals surface area contributed by atoms with Gasteiger partial charge in [0.1, 0.15) is 35.8 Å². The maximum Gasteiger partial charge on any atom is 0.423 e. The minimum absolute atomic E-state index is 0.261. The molecule has 20 nitrogen and oxygen atoms in total. The van der Waals surface area contributed by atoms with Crippen LogP contribution in [0.1, 0.15) is 38.8 Å². The van der Waals surface area contributed by atoms with E-state index in [9.17, 15) is 76.0 Å². The average Bonchev–Trinajstić information content (AvgIpc) is 3.23. The Balaban J connectivity index is 0.000000614. The van der Waals surface area contributed by atoms with Crippen molar-refractivity contribution >= 4 is 57.8 Å². The number of ether oxygens (including phenoxy) is 2. The molecule has 0 aliphatic rings. The number of carbonyl (C=O) groups is 4. The summed E-state index contributed by atoms with van der Waals surface area (Å²) in [6, 6.07) is 15.9. The molecule has 0 spiro atoms. The van der Waals surface area contributed by atoms with E-state index in [1.807, 2.05) is 0 Å². The van der Waals surface area contributed by atoms with E-state index in [0.717, 1.165) is 40.2 Å². The molecule has 0 unspecified atom stereocenters. The van der Waals surface area contributed by atoms with Crippen molar-refractivity contribution in [1.82, 2.24) is 0 Å². The van der Waals surface area contributed by atoms with Crippen molar-refractivity contribution in [2.45, 2.75) is 51.2 Å². The number of benzene rings is 4. The third kappa shape index (κ3) is 18.0. The molecule has 0 heterocycles. The number of carbonyl (C=O) groups excluding carboxylic acids is 4. The van der Waals surface area contributed by atoms with Gasteiger partial charge in [-0.1, -0.05) is 0 Å². The van der Waals surface area contributed by atoms with Crippen LogP contribution in [0.3, 0.4) is 0 Å². The number of halogens is 6. The van der Waals surface area contributed by atoms with Crippen LogP contribution in [-0.4, -0.2) is 92.5 Å². The van der Waals surface area contributed by atoms with Gasteiger partial charge in [-0.15, -0.1) is 0 Å². The summed E-state index contributed by atoms with van der Waals surface area (Å²) in [5.74, 6) is -2.18. The zero-order chi connectivity index (χ0) is 50.8. The van der Waals surface area contributed by atoms with Crippen LogP contribution in [0, 0.1) is 20.2 Å². The summed E-state index contributed by atoms with van der Waals surface area (Å²) in [6.45, 7) is 3.76. The number of hydrogen-bond acceptors (Lipinski definition) is 14. The zero-order valence-electron chi connectivity index (χ0n) is 35.5. The van der Waals surface area contributed by atoms with E-state index < -0.39 is 80.9 Å². The van der Waals surface area contributed by atoms with Crippen LogP contribution >= 0.6 is 0 Å². The van der Waals surface area contributed by atoms with Gasteiger partial charge in [-0.25, -0.2) is 0 Å². The molecule has 4 rings (SSSR count). The monoisotopic (exact) mass is 946 g/mol. The first kappa shape index (κ1) is 56.6. The molecule has 4 aromatic rings. The molecular formula is C40H44F6N6O14. The number of aliphatic hydroxyl groups excluding tert-OH is 2. The van der Waals surface area contributed by atoms with Crippen LogP contribution in [-0.2, 0) is 31.5 Å². The van der Waals surface area contributed by atoms with Crippen LogP contribution in [0.4, 0.5) is 60.5 Å². The number of amides is 4. The van der Waals surface area contributed by atoms with Crippen molar-refractivity contribution < 1.29 is 85.3 Å². The molecule has 0 aliphatic heterocycles. The Hall–Kier alpha value is -7.42. The van der Waals surface area contributed by atoms with E-state index in [1.54, 1.807) is 0 Å². The predicted octanol–water partition coefficient (Wildman–Crippen LogP) is 5.90. The summed E-state index contributed by atoms with van der Waals surface area (Å²) in [5, 5.41) is 65.5. The van der Waals surface area contributed by atoms with Gasteiger partial charge in [-0.05, 0) is 86.6 Å². The minimum Gasteiger partial charge on any atom is -0.490 e. The molecule has 0 aliphatic carbocycles. The molecule has 2 atom stereocenters. The lowest BCUT2D eigenvalue weighted by Crippen LogP contribution is -2.45. The van der Waals surface area contributed by atoms with Gasteiger partial charge < -0.3 is 51.2 Å². The van der Waals surface area contributed by atoms with Gasteiger partial charge in [-0.3, -0.25) is 39.4 Å². The summed E-state index contributed by atoms with van der Waals surface area (Å²) in [6.07, 6.45) is -10.0. The van der Waals surface area contributed by atoms with Crippen LogP contribution in [0.25, 0.3) is 0 Å². The first-order chi connectivity index (χ1) is 30.6. The largest absolute Gasteiger partial charge is 0.490 e. The van der Waals surface area contributed by atoms with E-state index in [0.29, 0.717) is 35.6 Å². The van der Waals surface area contributed by atoms with Crippen molar-refractivity contribution in [3.8, 4) is 11.5 Å². The molecule has 0 radical (unpaired) electrons. The number of nitrogens with one attached hydrogen (secondary N) is 4. The molecule has 0 bridgehead atoms. The second-order valence-corrected chi connectivity index (χ2v) is 13.4. The van der Waals surface area contributed by atoms with Gasteiger partial charge in [0.2, 0.25) is 11.8 Å². The lowest BCUT2D eigenvalue weighted by molar-refractivity contribution is -0.388. The lowest BCUT2D eigenvalue weighted by atomic mass is 10.1. The normalized spacial score (nSPS) is 12.5. The van der Waals surface area contributed by atoms with Gasteiger partial charge in [0.15, 0.2) is 11.2 Å². The molecular weight excluding hydrogens is 902 g/mol. The first-order valence-electron chi connectivity index (χ1n) is 18.3. The zero-order valence-corrected chi connectivity index (χ0v) is 35.5. The number of hydrogen-bond donors (Lipinski definition) is 8. The van der Waals surface area contributed by atoms with E-state index in [4.69, 9.17) is 19.7 Å². The number of nitrogens with zero attached hydrogens (tertiary/aromatic N) is 2. The Bertz CT molecular complexity index is 2150. The number of anilines is 4. The molecule has 0 saturated heterocycles. The standard InChI is InChI=1S/2C19H18F3N3O6.2CH4O/c2*1-11(26)23-12-3-6-14(7-4-12)31-10-18(2,28)17(27)24-13-5-8-16(25(29)30)15(9-13)19(20,21)22;2*1-2/h2*3-9,28H,10H2,1-2H3,(H,23,26)(H,24,27);2*2H,1H3/t2*18-;;/m00../s1. The second kappa shape index (κ2) is 24.6. The summed E-state index contributed by atoms with van der Waals surface area (Å²) in [5.41, 5.74) is -9.45. The van der Waals surface area contributed by atoms with Crippen molar-refractivity contribution in [3.05, 3.63) is 116 Å². The number of nitro benzene ring substituents is 2. The quantitative estimate of drug-likeness (QED) is 0.0415. The fourth-order valence-corrected chi connectivity index (χ4v) is 4.79. The van der Waals surface area contributed by atoms with Crippen LogP contribution < -0.4 is 30.7 Å². The van der Waals surface area contributed by atoms with Gasteiger partial charge in [0.25, 0.3) is 23.2 Å². The highest BCUT2D eigenvalue weighted by atomic mass is 19.4. The molecule has 360 valence electrons. The SMILES string of the molecule is CC(=O)Nc1ccc(OC[C@](C)(O)C(=O)Nc2ccc([N+](=O)[O-])c(C(F)(F)F)c2)cc1.CC(=O)Nc1ccc(OC[C@](C)(O)C(=O)Nc2ccc([N+](=O)[O-])c(C(F)(F)F)c2)cc1.CO.CO. The minimum atomic E-state index is -5.02. The molecule has 66 heavy (non-hydrogen) atoms. The summed E-state index contributed by atoms with van der Waals surface area (Å²) in [4.78, 5) is 65.8. The number of aliphatic hydroxyl groups is 4. The molecule has 8 N–H and O–H groups in total. The fraction of sp³-hybridized carbons (Fsp3) is 0.300. The van der Waals surface area contributed by atoms with E-state index >= 15 is 0 Å². The third-order valence-corrected chi connectivity index (χ3v) is 7.88. The summed E-state index contributed by atoms with van der Waals surface area (Å²) >= 11 is 0. The van der Waals surface area contributed by atoms with Crippen LogP contribution in [0.5, 0.6) is 11.5 Å². The summed E-state index contributed by atoms with van der Waals surface area (Å²) < 4.78 is 89.0. The molecule has 0 fully saturated rings. The van der Waals surface area contributed by atoms with E-state index in [1.165, 1.54) is 62.4 Å². The Morgan fingerprint density at radius 3 is 1.05 bits per heavy atom. The number of rotatable bonds is 14. The lowest BCUT2D eigenvalue weighted by Gasteiger charge is -2.23. The van der Waals surface area contributed by atoms with E-state index in [-0.39, 0.29) is 34.7 Å². The van der Waals surface area contributed by atoms with Crippen LogP contribution in [0.15, 0.2) is 84.9 Å². The highest BCUT2D eigenvalue weighted by Gasteiger charge is 2.40. The highest BCUT2D eigenvalue weighted by molar-refractivity contribution is 5.98. The van der Waals surface area contributed by atoms with Crippen molar-refractivity contribution in [3.63, 3.8) is 0 Å². The molecule has 0 saturated carbocycles. The van der Waals surface area contributed by atoms with Gasteiger partial charge in [0.05, 0.1) is 9.85 Å². The van der Waals surface area contributed by atoms with Crippen molar-refractivity contribution in [2.24, 2.45) is 0 Å². The van der Waals surface area contributed by atoms with Gasteiger partial charge in [-0.2, -0.15) is 26.3 Å². The average molecular weight is 947 g/mol. The summed E-state index contributed by atoms with van der Waals surface area (Å²) in [7, 11) is 2.00. The number of alkyl halides is 6. The maximum atomic E-state index is 13.1. The van der Waals surface area contributed by atoms with Crippen molar-refractivity contribution in [2.75, 3.05) is 48.7 Å². The first-order valence-corrected chi connectivity index (χ1v) is 18.3. The number of nitro groups is 2. The molecule has 4 aromatic carbocycles. The smallest absolute Gasteiger partial charge is 0.423 e.